The lowest BCUT2D eigenvalue weighted by Crippen LogP contribution is -2.37. The van der Waals surface area contributed by atoms with Crippen LogP contribution in [0.3, 0.4) is 0 Å². The zero-order valence-electron chi connectivity index (χ0n) is 10.5. The predicted octanol–water partition coefficient (Wildman–Crippen LogP) is 2.09. The van der Waals surface area contributed by atoms with Gasteiger partial charge in [0.1, 0.15) is 5.82 Å². The molecule has 1 atom stereocenters. The van der Waals surface area contributed by atoms with Crippen LogP contribution in [0.2, 0.25) is 0 Å². The first-order valence-electron chi connectivity index (χ1n) is 6.70. The van der Waals surface area contributed by atoms with Crippen molar-refractivity contribution in [2.45, 2.75) is 18.9 Å². The van der Waals surface area contributed by atoms with Crippen LogP contribution in [0.25, 0.3) is 0 Å². The Hall–Kier alpha value is -1.13. The molecule has 2 heterocycles. The second-order valence-corrected chi connectivity index (χ2v) is 4.95. The Kier molecular flexibility index (Phi) is 3.48. The summed E-state index contributed by atoms with van der Waals surface area (Å²) in [6.45, 7) is 4.34. The lowest BCUT2D eigenvalue weighted by Gasteiger charge is -2.32. The maximum absolute atomic E-state index is 13.5. The van der Waals surface area contributed by atoms with E-state index in [1.807, 2.05) is 6.07 Å². The molecule has 0 aromatic heterocycles. The number of nitrogens with zero attached hydrogens (tertiary/aromatic N) is 1. The summed E-state index contributed by atoms with van der Waals surface area (Å²) >= 11 is 0. The third-order valence-corrected chi connectivity index (χ3v) is 3.78. The molecule has 98 valence electrons. The normalized spacial score (nSPS) is 24.5. The van der Waals surface area contributed by atoms with E-state index in [-0.39, 0.29) is 5.82 Å². The van der Waals surface area contributed by atoms with E-state index in [1.54, 1.807) is 12.1 Å². The number of anilines is 1. The average Bonchev–Trinajstić information content (AvgIpc) is 2.93. The first kappa shape index (κ1) is 11.9. The van der Waals surface area contributed by atoms with E-state index in [0.717, 1.165) is 44.8 Å². The highest BCUT2D eigenvalue weighted by molar-refractivity contribution is 5.55. The first-order valence-corrected chi connectivity index (χ1v) is 6.70. The first-order chi connectivity index (χ1) is 8.84. The minimum absolute atomic E-state index is 0.143. The van der Waals surface area contributed by atoms with Crippen molar-refractivity contribution in [3.05, 3.63) is 29.6 Å². The zero-order valence-corrected chi connectivity index (χ0v) is 10.5. The summed E-state index contributed by atoms with van der Waals surface area (Å²) in [6.07, 6.45) is 2.27. The zero-order chi connectivity index (χ0) is 12.4. The molecule has 2 aliphatic rings. The van der Waals surface area contributed by atoms with Crippen molar-refractivity contribution in [3.8, 4) is 0 Å². The molecule has 2 aliphatic heterocycles. The average molecular weight is 250 g/mol. The molecule has 4 heteroatoms. The van der Waals surface area contributed by atoms with Crippen LogP contribution >= 0.6 is 0 Å². The molecule has 3 nitrogen and oxygen atoms in total. The molecule has 0 amide bonds. The maximum atomic E-state index is 13.5. The van der Waals surface area contributed by atoms with Crippen molar-refractivity contribution in [3.63, 3.8) is 0 Å². The molecule has 0 bridgehead atoms. The van der Waals surface area contributed by atoms with Gasteiger partial charge in [0.25, 0.3) is 0 Å². The molecule has 3 rings (SSSR count). The Labute approximate surface area is 107 Å². The van der Waals surface area contributed by atoms with Crippen LogP contribution < -0.4 is 10.2 Å². The van der Waals surface area contributed by atoms with Crippen LogP contribution in [-0.2, 0) is 4.74 Å². The minimum Gasteiger partial charge on any atom is -0.378 e. The second kappa shape index (κ2) is 5.24. The lowest BCUT2D eigenvalue weighted by atomic mass is 10.0. The molecule has 2 saturated heterocycles. The van der Waals surface area contributed by atoms with E-state index < -0.39 is 0 Å². The lowest BCUT2D eigenvalue weighted by molar-refractivity contribution is 0.122. The second-order valence-electron chi connectivity index (χ2n) is 4.95. The van der Waals surface area contributed by atoms with Crippen LogP contribution in [0.1, 0.15) is 24.4 Å². The van der Waals surface area contributed by atoms with Gasteiger partial charge in [0.15, 0.2) is 0 Å². The largest absolute Gasteiger partial charge is 0.378 e. The van der Waals surface area contributed by atoms with Gasteiger partial charge >= 0.3 is 0 Å². The number of benzene rings is 1. The molecule has 1 aromatic carbocycles. The van der Waals surface area contributed by atoms with E-state index in [0.29, 0.717) is 6.04 Å². The molecule has 18 heavy (non-hydrogen) atoms. The maximum Gasteiger partial charge on any atom is 0.123 e. The molecular weight excluding hydrogens is 231 g/mol. The van der Waals surface area contributed by atoms with Gasteiger partial charge in [-0.25, -0.2) is 4.39 Å². The van der Waals surface area contributed by atoms with Gasteiger partial charge in [-0.15, -0.1) is 0 Å². The Morgan fingerprint density at radius 2 is 2.11 bits per heavy atom. The van der Waals surface area contributed by atoms with Crippen LogP contribution in [-0.4, -0.2) is 32.8 Å². The number of halogens is 1. The molecule has 0 aliphatic carbocycles. The van der Waals surface area contributed by atoms with Crippen molar-refractivity contribution in [1.29, 1.82) is 0 Å². The van der Waals surface area contributed by atoms with Gasteiger partial charge in [-0.05, 0) is 43.1 Å². The van der Waals surface area contributed by atoms with Gasteiger partial charge in [-0.3, -0.25) is 0 Å². The highest BCUT2D eigenvalue weighted by Crippen LogP contribution is 2.32. The van der Waals surface area contributed by atoms with E-state index in [1.165, 1.54) is 12.1 Å². The van der Waals surface area contributed by atoms with Crippen molar-refractivity contribution in [1.82, 2.24) is 5.32 Å². The minimum atomic E-state index is -0.143. The third-order valence-electron chi connectivity index (χ3n) is 3.78. The SMILES string of the molecule is Fc1ccc(N2CCOCC2)c(C2CCCN2)c1. The van der Waals surface area contributed by atoms with Gasteiger partial charge < -0.3 is 15.0 Å². The summed E-state index contributed by atoms with van der Waals surface area (Å²) in [5.74, 6) is -0.143. The number of hydrogen-bond acceptors (Lipinski definition) is 3. The molecule has 0 radical (unpaired) electrons. The van der Waals surface area contributed by atoms with Crippen LogP contribution in [0, 0.1) is 5.82 Å². The highest BCUT2D eigenvalue weighted by atomic mass is 19.1. The quantitative estimate of drug-likeness (QED) is 0.870. The number of nitrogens with one attached hydrogen (secondary N) is 1. The van der Waals surface area contributed by atoms with E-state index in [9.17, 15) is 4.39 Å². The Morgan fingerprint density at radius 3 is 2.83 bits per heavy atom. The van der Waals surface area contributed by atoms with Crippen LogP contribution in [0.15, 0.2) is 18.2 Å². The summed E-state index contributed by atoms with van der Waals surface area (Å²) < 4.78 is 18.9. The smallest absolute Gasteiger partial charge is 0.123 e. The van der Waals surface area contributed by atoms with E-state index in [4.69, 9.17) is 4.74 Å². The Balaban J connectivity index is 1.91. The van der Waals surface area contributed by atoms with Crippen molar-refractivity contribution in [2.24, 2.45) is 0 Å². The number of morpholine rings is 1. The van der Waals surface area contributed by atoms with Crippen LogP contribution in [0.5, 0.6) is 0 Å². The summed E-state index contributed by atoms with van der Waals surface area (Å²) in [4.78, 5) is 2.30. The molecule has 1 unspecified atom stereocenters. The fourth-order valence-electron chi connectivity index (χ4n) is 2.85. The molecular formula is C14H19FN2O. The standard InChI is InChI=1S/C14H19FN2O/c15-11-3-4-14(17-6-8-18-9-7-17)12(10-11)13-2-1-5-16-13/h3-4,10,13,16H,1-2,5-9H2. The third kappa shape index (κ3) is 2.35. The summed E-state index contributed by atoms with van der Waals surface area (Å²) in [6, 6.07) is 5.46. The van der Waals surface area contributed by atoms with Crippen molar-refractivity contribution in [2.75, 3.05) is 37.7 Å². The van der Waals surface area contributed by atoms with Crippen molar-refractivity contribution >= 4 is 5.69 Å². The number of ether oxygens (including phenoxy) is 1. The van der Waals surface area contributed by atoms with Crippen molar-refractivity contribution < 1.29 is 9.13 Å². The molecule has 0 spiro atoms. The van der Waals surface area contributed by atoms with Gasteiger partial charge in [-0.2, -0.15) is 0 Å². The fraction of sp³-hybridized carbons (Fsp3) is 0.571. The summed E-state index contributed by atoms with van der Waals surface area (Å²) in [5.41, 5.74) is 2.27. The summed E-state index contributed by atoms with van der Waals surface area (Å²) in [5, 5.41) is 3.46. The number of hydrogen-bond donors (Lipinski definition) is 1. The van der Waals surface area contributed by atoms with Crippen LogP contribution in [0.4, 0.5) is 10.1 Å². The molecule has 1 N–H and O–H groups in total. The Morgan fingerprint density at radius 1 is 1.28 bits per heavy atom. The van der Waals surface area contributed by atoms with Gasteiger partial charge in [0.2, 0.25) is 0 Å². The molecule has 1 aromatic rings. The summed E-state index contributed by atoms with van der Waals surface area (Å²) in [7, 11) is 0. The van der Waals surface area contributed by atoms with Gasteiger partial charge in [-0.1, -0.05) is 0 Å². The predicted molar refractivity (Wildman–Crippen MR) is 69.4 cm³/mol. The topological polar surface area (TPSA) is 24.5 Å². The van der Waals surface area contributed by atoms with E-state index in [2.05, 4.69) is 10.2 Å². The monoisotopic (exact) mass is 250 g/mol. The molecule has 0 saturated carbocycles. The highest BCUT2D eigenvalue weighted by Gasteiger charge is 2.23. The van der Waals surface area contributed by atoms with Gasteiger partial charge in [0, 0.05) is 24.8 Å². The Bertz CT molecular complexity index is 412. The fourth-order valence-corrected chi connectivity index (χ4v) is 2.85. The van der Waals surface area contributed by atoms with E-state index >= 15 is 0 Å². The molecule has 2 fully saturated rings. The number of rotatable bonds is 2. The van der Waals surface area contributed by atoms with Gasteiger partial charge in [0.05, 0.1) is 13.2 Å².